The number of nitrogens with zero attached hydrogens (tertiary/aromatic N) is 1. The first-order chi connectivity index (χ1) is 68.0. The van der Waals surface area contributed by atoms with Crippen molar-refractivity contribution in [1.82, 2.24) is 106 Å². The topological polar surface area (TPSA) is 989 Å². The van der Waals surface area contributed by atoms with Crippen LogP contribution in [-0.4, -0.2) is 395 Å². The smallest absolute Gasteiger partial charge is 0.322 e. The van der Waals surface area contributed by atoms with E-state index in [4.69, 9.17) is 33.5 Å². The number of carbonyl (C=O) groups is 25. The first kappa shape index (κ1) is 126. The van der Waals surface area contributed by atoms with Crippen LogP contribution in [0.2, 0.25) is 0 Å². The number of aliphatic hydroxyl groups excluding tert-OH is 6. The van der Waals surface area contributed by atoms with Gasteiger partial charge in [0.25, 0.3) is 0 Å². The lowest BCUT2D eigenvalue weighted by atomic mass is 9.99. The maximum Gasteiger partial charge on any atom is 0.322 e. The van der Waals surface area contributed by atoms with Crippen molar-refractivity contribution in [3.63, 3.8) is 0 Å². The van der Waals surface area contributed by atoms with Gasteiger partial charge in [0.2, 0.25) is 124 Å². The van der Waals surface area contributed by atoms with E-state index in [1.165, 1.54) is 36.0 Å². The van der Waals surface area contributed by atoms with E-state index in [9.17, 15) is 166 Å². The van der Waals surface area contributed by atoms with Crippen molar-refractivity contribution in [2.75, 3.05) is 64.6 Å². The number of thioether (sulfide) groups is 1. The molecule has 0 spiro atoms. The molecule has 1 saturated heterocycles. The van der Waals surface area contributed by atoms with Crippen LogP contribution < -0.4 is 124 Å². The van der Waals surface area contributed by atoms with Crippen molar-refractivity contribution >= 4 is 166 Å². The number of likely N-dealkylation sites (tertiary alicyclic amines) is 1. The van der Waals surface area contributed by atoms with E-state index in [1.807, 2.05) is 16.0 Å². The molecule has 810 valence electrons. The van der Waals surface area contributed by atoms with Crippen LogP contribution in [0.1, 0.15) is 137 Å². The van der Waals surface area contributed by atoms with E-state index >= 15 is 0 Å². The van der Waals surface area contributed by atoms with Crippen molar-refractivity contribution in [2.45, 2.75) is 259 Å². The summed E-state index contributed by atoms with van der Waals surface area (Å²) >= 11 is 1.34. The lowest BCUT2D eigenvalue weighted by Gasteiger charge is -2.30. The predicted octanol–water partition coefficient (Wildman–Crippen LogP) is -16.2. The van der Waals surface area contributed by atoms with Crippen molar-refractivity contribution in [3.8, 4) is 0 Å². The number of carboxylic acids is 4. The van der Waals surface area contributed by atoms with Gasteiger partial charge >= 0.3 is 23.9 Å². The lowest BCUT2D eigenvalue weighted by molar-refractivity contribution is -0.143. The molecule has 2 rings (SSSR count). The number of hydrogen-bond donors (Lipinski definition) is 34. The Labute approximate surface area is 832 Å². The van der Waals surface area contributed by atoms with Crippen LogP contribution in [0.25, 0.3) is 0 Å². The second-order valence-corrected chi connectivity index (χ2v) is 34.8. The van der Waals surface area contributed by atoms with E-state index in [0.717, 1.165) is 32.6 Å². The van der Waals surface area contributed by atoms with Crippen LogP contribution in [0.3, 0.4) is 0 Å². The Morgan fingerprint density at radius 1 is 0.400 bits per heavy atom. The Kier molecular flexibility index (Phi) is 56.4. The molecule has 38 N–H and O–H groups in total. The molecular formula is C84H133N25O35S. The number of primary amides is 2. The number of carboxylic acid groups (broad SMARTS) is 4. The fourth-order valence-electron chi connectivity index (χ4n) is 13.5. The molecule has 0 aromatic heterocycles. The highest BCUT2D eigenvalue weighted by atomic mass is 32.2. The average molecular weight is 2090 g/mol. The van der Waals surface area contributed by atoms with Gasteiger partial charge < -0.3 is 180 Å². The molecule has 1 fully saturated rings. The summed E-state index contributed by atoms with van der Waals surface area (Å²) in [6.45, 7) is 0.221. The normalized spacial score (nSPS) is 16.0. The van der Waals surface area contributed by atoms with Crippen molar-refractivity contribution in [3.05, 3.63) is 35.9 Å². The minimum atomic E-state index is -2.29. The summed E-state index contributed by atoms with van der Waals surface area (Å²) in [6, 6.07) is -25.1. The summed E-state index contributed by atoms with van der Waals surface area (Å²) < 4.78 is 0. The SMILES string of the molecule is CSCC[C@H](N)C(=O)N[C@@H](CC(=O)O)C(=O)N[C@@H](CCCNC(=N)N)C(=O)N[C@@H](CCC(=O)O)C(=O)N[C@H](C(=O)N[C@@H](Cc1ccccc1)C(=O)N[C@@H](CC(C)C)C(=O)N[C@@H](CCC(N)=O)C(=O)N[C@@H](CC(=O)O)C(=O)N[C@@H](CO)C(=O)N[C@@H](CO)C(=O)N[C@@H](CO)C(=O)N1CCC[C@H]1C(=O)N[C@@H](CCC(N)=O)C(=O)NCC(=O)N[C@H](C(=O)N[C@@H](C)C(=O)N[C@@H](C)C(=O)N[C@@H](CO)C(=O)NCC(=O)O)[C@@H](C)O)[C@@H](C)O. The highest BCUT2D eigenvalue weighted by Crippen LogP contribution is 2.21. The quantitative estimate of drug-likeness (QED) is 0.0164. The second kappa shape index (κ2) is 64.8. The van der Waals surface area contributed by atoms with E-state index in [2.05, 4.69) is 85.1 Å². The Bertz CT molecular complexity index is 4710. The maximum absolute atomic E-state index is 14.8. The van der Waals surface area contributed by atoms with Crippen molar-refractivity contribution in [2.24, 2.45) is 28.9 Å². The number of carbonyl (C=O) groups excluding carboxylic acids is 21. The van der Waals surface area contributed by atoms with E-state index in [1.54, 1.807) is 26.2 Å². The summed E-state index contributed by atoms with van der Waals surface area (Å²) in [5.74, 6) is -32.6. The van der Waals surface area contributed by atoms with Gasteiger partial charge in [-0.15, -0.1) is 0 Å². The molecule has 20 atom stereocenters. The summed E-state index contributed by atoms with van der Waals surface area (Å²) in [5, 5.41) is 150. The fourth-order valence-corrected chi connectivity index (χ4v) is 14.0. The number of aliphatic hydroxyl groups is 6. The van der Waals surface area contributed by atoms with Gasteiger partial charge in [-0.2, -0.15) is 11.8 Å². The van der Waals surface area contributed by atoms with E-state index < -0.39 is 378 Å². The first-order valence-corrected chi connectivity index (χ1v) is 46.7. The highest BCUT2D eigenvalue weighted by molar-refractivity contribution is 7.98. The maximum atomic E-state index is 14.8. The largest absolute Gasteiger partial charge is 0.481 e. The molecule has 0 aliphatic carbocycles. The zero-order chi connectivity index (χ0) is 110. The Morgan fingerprint density at radius 3 is 1.25 bits per heavy atom. The predicted molar refractivity (Wildman–Crippen MR) is 500 cm³/mol. The Morgan fingerprint density at radius 2 is 0.779 bits per heavy atom. The fraction of sp³-hybridized carbons (Fsp3) is 0.619. The minimum absolute atomic E-state index is 0.0483. The van der Waals surface area contributed by atoms with Crippen LogP contribution in [0.15, 0.2) is 30.3 Å². The van der Waals surface area contributed by atoms with Crippen LogP contribution in [0, 0.1) is 11.3 Å². The van der Waals surface area contributed by atoms with Gasteiger partial charge in [0.1, 0.15) is 109 Å². The molecule has 0 radical (unpaired) electrons. The summed E-state index contributed by atoms with van der Waals surface area (Å²) in [4.78, 5) is 334. The average Bonchev–Trinajstić information content (AvgIpc) is 1.71. The zero-order valence-electron chi connectivity index (χ0n) is 80.3. The first-order valence-electron chi connectivity index (χ1n) is 45.3. The third-order valence-electron chi connectivity index (χ3n) is 21.3. The molecule has 1 aliphatic rings. The molecule has 0 saturated carbocycles. The third-order valence-corrected chi connectivity index (χ3v) is 22.0. The Hall–Kier alpha value is -14.7. The molecule has 145 heavy (non-hydrogen) atoms. The number of aliphatic carboxylic acids is 4. The number of hydrogen-bond acceptors (Lipinski definition) is 34. The molecule has 60 nitrogen and oxygen atoms in total. The van der Waals surface area contributed by atoms with E-state index in [-0.39, 0.29) is 51.6 Å². The number of guanidine groups is 1. The van der Waals surface area contributed by atoms with Gasteiger partial charge in [-0.1, -0.05) is 44.2 Å². The molecule has 0 bridgehead atoms. The second-order valence-electron chi connectivity index (χ2n) is 33.8. The molecule has 1 heterocycles. The van der Waals surface area contributed by atoms with Gasteiger partial charge in [-0.05, 0) is 109 Å². The minimum Gasteiger partial charge on any atom is -0.481 e. The van der Waals surface area contributed by atoms with Crippen LogP contribution in [-0.2, 0) is 126 Å². The van der Waals surface area contributed by atoms with Crippen molar-refractivity contribution < 1.29 is 171 Å². The van der Waals surface area contributed by atoms with Gasteiger partial charge in [0, 0.05) is 38.8 Å². The van der Waals surface area contributed by atoms with Gasteiger partial charge in [-0.25, -0.2) is 0 Å². The molecule has 1 aromatic rings. The lowest BCUT2D eigenvalue weighted by Crippen LogP contribution is -2.62. The molecular weight excluding hydrogens is 1950 g/mol. The van der Waals surface area contributed by atoms with Gasteiger partial charge in [-0.3, -0.25) is 125 Å². The number of nitrogens with two attached hydrogens (primary N) is 4. The molecule has 61 heteroatoms. The zero-order valence-corrected chi connectivity index (χ0v) is 81.1. The number of rotatable bonds is 68. The van der Waals surface area contributed by atoms with Gasteiger partial charge in [0.05, 0.1) is 64.1 Å². The van der Waals surface area contributed by atoms with Crippen LogP contribution in [0.4, 0.5) is 0 Å². The van der Waals surface area contributed by atoms with Crippen LogP contribution in [0.5, 0.6) is 0 Å². The van der Waals surface area contributed by atoms with Crippen LogP contribution >= 0.6 is 11.8 Å². The van der Waals surface area contributed by atoms with Crippen molar-refractivity contribution in [1.29, 1.82) is 5.41 Å². The summed E-state index contributed by atoms with van der Waals surface area (Å²) in [5.41, 5.74) is 22.4. The standard InChI is InChI=1S/C84H133N25O35S/c1-37(2)27-48(100-75(136)49(28-42-13-9-8-10-14-42)102-82(143)65(41(6)115)108-73(134)47(19-22-60(119)120)96-71(132)44(15-11-24-90-84(88)89)95-76(137)50(29-61(121)122)99-68(129)43(85)23-26-145-7)74(135)97-46(18-21-58(87)117)72(133)101-51(30-62(123)124)77(138)104-53(34-111)78(139)105-54(35-112)79(140)106-55(36-113)83(144)109-25-12-16-56(109)80(141)98-45(17-20-57(86)116)69(130)91-31-59(118)107-64(40(5)114)81(142)94-38(3)66(127)93-39(4)67(128)103-52(33-110)70(131)92-32-63(125)126/h8-10,13-14,37-41,43-56,64-65,110-115H,11-12,15-36,85H2,1-7H3,(H2,86,116)(H2,87,117)(H,91,130)(H,92,131)(H,93,127)(H,94,142)(H,95,137)(H,96,132)(H,97,135)(H,98,141)(H,99,129)(H,100,136)(H,101,133)(H,102,143)(H,103,128)(H,104,138)(H,105,139)(H,106,140)(H,107,118)(H,108,134)(H,119,120)(H,121,122)(H,123,124)(H,125,126)(H4,88,89,90)/t38-,39-,40+,41+,43-,44-,45-,46-,47-,48-,49-,50-,51-,52-,53-,54-,55-,56-,64-,65-/m0/s1. The molecule has 1 aliphatic heterocycles. The number of nitrogens with one attached hydrogen (secondary N) is 20. The monoisotopic (exact) mass is 2080 g/mol. The van der Waals surface area contributed by atoms with E-state index in [0.29, 0.717) is 11.3 Å². The highest BCUT2D eigenvalue weighted by Gasteiger charge is 2.44. The number of amides is 21. The molecule has 0 unspecified atom stereocenters. The molecule has 1 aromatic carbocycles. The Balaban J connectivity index is 2.41. The number of benzene rings is 1. The summed E-state index contributed by atoms with van der Waals surface area (Å²) in [7, 11) is 0. The third kappa shape index (κ3) is 46.9. The molecule has 21 amide bonds. The van der Waals surface area contributed by atoms with Gasteiger partial charge in [0.15, 0.2) is 5.96 Å². The summed E-state index contributed by atoms with van der Waals surface area (Å²) in [6.07, 6.45) is -9.68.